The first-order valence-electron chi connectivity index (χ1n) is 5.74. The Hall–Kier alpha value is -1.55. The van der Waals surface area contributed by atoms with Crippen molar-refractivity contribution < 1.29 is 14.7 Å². The highest BCUT2D eigenvalue weighted by atomic mass is 35.5. The van der Waals surface area contributed by atoms with Gasteiger partial charge in [-0.15, -0.1) is 0 Å². The zero-order valence-electron chi connectivity index (χ0n) is 10.4. The van der Waals surface area contributed by atoms with Crippen LogP contribution >= 0.6 is 11.6 Å². The fraction of sp³-hybridized carbons (Fsp3) is 0.385. The molecule has 0 bridgehead atoms. The van der Waals surface area contributed by atoms with Gasteiger partial charge >= 0.3 is 5.97 Å². The van der Waals surface area contributed by atoms with Crippen LogP contribution in [0.1, 0.15) is 25.8 Å². The quantitative estimate of drug-likeness (QED) is 0.808. The van der Waals surface area contributed by atoms with Crippen molar-refractivity contribution in [3.05, 3.63) is 34.9 Å². The van der Waals surface area contributed by atoms with Crippen LogP contribution in [0.4, 0.5) is 0 Å². The van der Waals surface area contributed by atoms with Gasteiger partial charge in [-0.25, -0.2) is 4.79 Å². The zero-order chi connectivity index (χ0) is 13.8. The van der Waals surface area contributed by atoms with Gasteiger partial charge in [0.25, 0.3) is 0 Å². The van der Waals surface area contributed by atoms with Crippen molar-refractivity contribution in [2.45, 2.75) is 25.8 Å². The van der Waals surface area contributed by atoms with E-state index in [0.717, 1.165) is 0 Å². The Bertz CT molecular complexity index is 432. The summed E-state index contributed by atoms with van der Waals surface area (Å²) in [7, 11) is 0. The molecule has 0 heterocycles. The first kappa shape index (κ1) is 14.5. The van der Waals surface area contributed by atoms with E-state index in [1.54, 1.807) is 38.1 Å². The lowest BCUT2D eigenvalue weighted by Crippen LogP contribution is -2.51. The molecule has 0 fully saturated rings. The summed E-state index contributed by atoms with van der Waals surface area (Å²) in [5, 5.41) is 10.1. The second-order valence-corrected chi connectivity index (χ2v) is 4.35. The number of carboxylic acid groups (broad SMARTS) is 1. The summed E-state index contributed by atoms with van der Waals surface area (Å²) in [6.07, 6.45) is 0.864. The third-order valence-electron chi connectivity index (χ3n) is 3.15. The van der Waals surface area contributed by atoms with Crippen LogP contribution < -0.4 is 0 Å². The molecular weight excluding hydrogens is 254 g/mol. The minimum Gasteiger partial charge on any atom is -0.479 e. The molecule has 98 valence electrons. The number of carboxylic acids is 1. The molecule has 0 spiro atoms. The van der Waals surface area contributed by atoms with Crippen LogP contribution in [0.2, 0.25) is 5.02 Å². The number of benzene rings is 1. The summed E-state index contributed by atoms with van der Waals surface area (Å²) in [4.78, 5) is 24.1. The maximum atomic E-state index is 11.7. The van der Waals surface area contributed by atoms with Crippen LogP contribution in [0.3, 0.4) is 0 Å². The number of hydrogen-bond donors (Lipinski definition) is 1. The predicted octanol–water partition coefficient (Wildman–Crippen LogP) is 2.51. The molecule has 5 heteroatoms. The zero-order valence-corrected chi connectivity index (χ0v) is 11.1. The molecule has 0 radical (unpaired) electrons. The van der Waals surface area contributed by atoms with Gasteiger partial charge in [0.1, 0.15) is 0 Å². The smallest absolute Gasteiger partial charge is 0.334 e. The number of amides is 1. The Morgan fingerprint density at radius 2 is 1.94 bits per heavy atom. The maximum Gasteiger partial charge on any atom is 0.334 e. The lowest BCUT2D eigenvalue weighted by Gasteiger charge is -2.37. The van der Waals surface area contributed by atoms with Gasteiger partial charge in [-0.05, 0) is 31.0 Å². The highest BCUT2D eigenvalue weighted by Crippen LogP contribution is 2.32. The van der Waals surface area contributed by atoms with E-state index >= 15 is 0 Å². The standard InChI is InChI=1S/C13H16ClNO3/c1-3-13(12(17)18,15(4-2)9-16)10-5-7-11(14)8-6-10/h5-9H,3-4H2,1-2H3,(H,17,18). The minimum absolute atomic E-state index is 0.288. The highest BCUT2D eigenvalue weighted by molar-refractivity contribution is 6.30. The Kier molecular flexibility index (Phi) is 4.73. The van der Waals surface area contributed by atoms with Crippen LogP contribution in [0, 0.1) is 0 Å². The lowest BCUT2D eigenvalue weighted by atomic mass is 9.85. The van der Waals surface area contributed by atoms with Gasteiger partial charge in [-0.3, -0.25) is 4.79 Å². The average Bonchev–Trinajstić information content (AvgIpc) is 2.36. The number of rotatable bonds is 6. The largest absolute Gasteiger partial charge is 0.479 e. The van der Waals surface area contributed by atoms with Crippen LogP contribution in [-0.2, 0) is 15.1 Å². The Morgan fingerprint density at radius 1 is 1.39 bits per heavy atom. The van der Waals surface area contributed by atoms with E-state index in [-0.39, 0.29) is 6.42 Å². The molecular formula is C13H16ClNO3. The Labute approximate surface area is 111 Å². The molecule has 0 aromatic heterocycles. The third-order valence-corrected chi connectivity index (χ3v) is 3.40. The minimum atomic E-state index is -1.33. The van der Waals surface area contributed by atoms with Gasteiger partial charge in [-0.1, -0.05) is 30.7 Å². The molecule has 0 aliphatic carbocycles. The number of carbonyl (C=O) groups excluding carboxylic acids is 1. The maximum absolute atomic E-state index is 11.7. The third kappa shape index (κ3) is 2.34. The molecule has 1 atom stereocenters. The second-order valence-electron chi connectivity index (χ2n) is 3.92. The first-order chi connectivity index (χ1) is 8.52. The van der Waals surface area contributed by atoms with Crippen LogP contribution in [0.25, 0.3) is 0 Å². The second kappa shape index (κ2) is 5.87. The summed E-state index contributed by atoms with van der Waals surface area (Å²) < 4.78 is 0. The normalized spacial score (nSPS) is 13.7. The van der Waals surface area contributed by atoms with Gasteiger partial charge < -0.3 is 10.0 Å². The van der Waals surface area contributed by atoms with E-state index in [2.05, 4.69) is 0 Å². The number of halogens is 1. The van der Waals surface area contributed by atoms with Crippen LogP contribution in [0.5, 0.6) is 0 Å². The number of hydrogen-bond acceptors (Lipinski definition) is 2. The van der Waals surface area contributed by atoms with E-state index in [0.29, 0.717) is 23.5 Å². The molecule has 1 aromatic rings. The number of aliphatic carboxylic acids is 1. The van der Waals surface area contributed by atoms with Gasteiger partial charge in [0.05, 0.1) is 0 Å². The molecule has 0 saturated heterocycles. The van der Waals surface area contributed by atoms with Crippen molar-refractivity contribution in [2.75, 3.05) is 6.54 Å². The molecule has 0 aliphatic heterocycles. The average molecular weight is 270 g/mol. The van der Waals surface area contributed by atoms with Gasteiger partial charge in [-0.2, -0.15) is 0 Å². The summed E-state index contributed by atoms with van der Waals surface area (Å²) in [5.41, 5.74) is -0.781. The molecule has 0 saturated carbocycles. The molecule has 1 aromatic carbocycles. The van der Waals surface area contributed by atoms with Crippen molar-refractivity contribution in [3.8, 4) is 0 Å². The van der Waals surface area contributed by atoms with Crippen molar-refractivity contribution >= 4 is 24.0 Å². The lowest BCUT2D eigenvalue weighted by molar-refractivity contribution is -0.156. The van der Waals surface area contributed by atoms with E-state index in [4.69, 9.17) is 11.6 Å². The van der Waals surface area contributed by atoms with Crippen LogP contribution in [-0.4, -0.2) is 28.9 Å². The summed E-state index contributed by atoms with van der Waals surface area (Å²) in [6, 6.07) is 6.55. The van der Waals surface area contributed by atoms with E-state index in [9.17, 15) is 14.7 Å². The molecule has 1 amide bonds. The molecule has 18 heavy (non-hydrogen) atoms. The molecule has 1 N–H and O–H groups in total. The monoisotopic (exact) mass is 269 g/mol. The fourth-order valence-electron chi connectivity index (χ4n) is 2.13. The van der Waals surface area contributed by atoms with Gasteiger partial charge in [0, 0.05) is 11.6 Å². The first-order valence-corrected chi connectivity index (χ1v) is 6.12. The fourth-order valence-corrected chi connectivity index (χ4v) is 2.26. The van der Waals surface area contributed by atoms with E-state index < -0.39 is 11.5 Å². The Balaban J connectivity index is 3.39. The van der Waals surface area contributed by atoms with Crippen LogP contribution in [0.15, 0.2) is 24.3 Å². The summed E-state index contributed by atoms with van der Waals surface area (Å²) >= 11 is 5.80. The van der Waals surface area contributed by atoms with Crippen molar-refractivity contribution in [3.63, 3.8) is 0 Å². The van der Waals surface area contributed by atoms with Crippen molar-refractivity contribution in [1.82, 2.24) is 4.90 Å². The predicted molar refractivity (Wildman–Crippen MR) is 69.5 cm³/mol. The van der Waals surface area contributed by atoms with E-state index in [1.807, 2.05) is 0 Å². The SMILES string of the molecule is CCN(C=O)C(CC)(C(=O)O)c1ccc(Cl)cc1. The van der Waals surface area contributed by atoms with Crippen molar-refractivity contribution in [2.24, 2.45) is 0 Å². The highest BCUT2D eigenvalue weighted by Gasteiger charge is 2.43. The summed E-state index contributed by atoms with van der Waals surface area (Å²) in [6.45, 7) is 3.82. The number of carbonyl (C=O) groups is 2. The molecule has 4 nitrogen and oxygen atoms in total. The molecule has 0 aliphatic rings. The van der Waals surface area contributed by atoms with Gasteiger partial charge in [0.2, 0.25) is 6.41 Å². The number of nitrogens with zero attached hydrogens (tertiary/aromatic N) is 1. The van der Waals surface area contributed by atoms with Crippen molar-refractivity contribution in [1.29, 1.82) is 0 Å². The topological polar surface area (TPSA) is 57.6 Å². The molecule has 1 unspecified atom stereocenters. The Morgan fingerprint density at radius 3 is 2.28 bits per heavy atom. The number of likely N-dealkylation sites (N-methyl/N-ethyl adjacent to an activating group) is 1. The van der Waals surface area contributed by atoms with E-state index in [1.165, 1.54) is 4.90 Å². The molecule has 1 rings (SSSR count). The summed E-state index contributed by atoms with van der Waals surface area (Å²) in [5.74, 6) is -1.04. The van der Waals surface area contributed by atoms with Gasteiger partial charge in [0.15, 0.2) is 5.54 Å².